The SMILES string of the molecule is CC1(C)CCC(CN2C[C@@H]3CCC[C@@]3(C(=O)O)C2)CC1. The quantitative estimate of drug-likeness (QED) is 0.861. The third-order valence-electron chi connectivity index (χ3n) is 6.34. The molecule has 0 unspecified atom stereocenters. The monoisotopic (exact) mass is 279 g/mol. The Morgan fingerprint density at radius 1 is 1.20 bits per heavy atom. The Labute approximate surface area is 122 Å². The van der Waals surface area contributed by atoms with Gasteiger partial charge in [-0.25, -0.2) is 0 Å². The molecule has 0 spiro atoms. The fourth-order valence-corrected chi connectivity index (χ4v) is 4.89. The van der Waals surface area contributed by atoms with E-state index >= 15 is 0 Å². The van der Waals surface area contributed by atoms with E-state index in [0.29, 0.717) is 11.3 Å². The summed E-state index contributed by atoms with van der Waals surface area (Å²) in [5, 5.41) is 9.64. The summed E-state index contributed by atoms with van der Waals surface area (Å²) in [4.78, 5) is 14.2. The molecule has 20 heavy (non-hydrogen) atoms. The number of hydrogen-bond donors (Lipinski definition) is 1. The summed E-state index contributed by atoms with van der Waals surface area (Å²) in [5.74, 6) is 0.681. The van der Waals surface area contributed by atoms with Crippen LogP contribution in [0.1, 0.15) is 58.8 Å². The topological polar surface area (TPSA) is 40.5 Å². The number of carbonyl (C=O) groups is 1. The van der Waals surface area contributed by atoms with Gasteiger partial charge in [-0.3, -0.25) is 4.79 Å². The van der Waals surface area contributed by atoms with Gasteiger partial charge in [0.05, 0.1) is 5.41 Å². The highest BCUT2D eigenvalue weighted by atomic mass is 16.4. The van der Waals surface area contributed by atoms with Gasteiger partial charge in [-0.1, -0.05) is 20.3 Å². The molecule has 0 bridgehead atoms. The molecule has 1 heterocycles. The summed E-state index contributed by atoms with van der Waals surface area (Å²) in [5.41, 5.74) is 0.133. The van der Waals surface area contributed by atoms with Crippen molar-refractivity contribution in [2.75, 3.05) is 19.6 Å². The third kappa shape index (κ3) is 2.49. The highest BCUT2D eigenvalue weighted by molar-refractivity contribution is 5.76. The smallest absolute Gasteiger partial charge is 0.311 e. The van der Waals surface area contributed by atoms with E-state index < -0.39 is 11.4 Å². The third-order valence-corrected chi connectivity index (χ3v) is 6.34. The van der Waals surface area contributed by atoms with Crippen molar-refractivity contribution >= 4 is 5.97 Å². The lowest BCUT2D eigenvalue weighted by Crippen LogP contribution is -2.37. The minimum atomic E-state index is -0.535. The molecule has 114 valence electrons. The second-order valence-electron chi connectivity index (χ2n) is 8.35. The summed E-state index contributed by atoms with van der Waals surface area (Å²) in [6, 6.07) is 0. The Bertz CT molecular complexity index is 382. The normalized spacial score (nSPS) is 38.0. The first kappa shape index (κ1) is 14.4. The molecule has 0 aromatic heterocycles. The van der Waals surface area contributed by atoms with Gasteiger partial charge >= 0.3 is 5.97 Å². The van der Waals surface area contributed by atoms with Crippen LogP contribution in [0.3, 0.4) is 0 Å². The lowest BCUT2D eigenvalue weighted by atomic mass is 9.73. The largest absolute Gasteiger partial charge is 0.481 e. The number of aliphatic carboxylic acids is 1. The summed E-state index contributed by atoms with van der Waals surface area (Å²) in [6.07, 6.45) is 8.46. The molecule has 3 aliphatic rings. The molecule has 2 saturated carbocycles. The van der Waals surface area contributed by atoms with Crippen molar-refractivity contribution in [2.24, 2.45) is 22.7 Å². The molecule has 3 heteroatoms. The number of fused-ring (bicyclic) bond motifs is 1. The predicted molar refractivity (Wildman–Crippen MR) is 79.6 cm³/mol. The van der Waals surface area contributed by atoms with Gasteiger partial charge in [0.25, 0.3) is 0 Å². The number of likely N-dealkylation sites (tertiary alicyclic amines) is 1. The van der Waals surface area contributed by atoms with Crippen molar-refractivity contribution in [3.05, 3.63) is 0 Å². The van der Waals surface area contributed by atoms with Crippen LogP contribution < -0.4 is 0 Å². The predicted octanol–water partition coefficient (Wildman–Crippen LogP) is 3.39. The fourth-order valence-electron chi connectivity index (χ4n) is 4.89. The summed E-state index contributed by atoms with van der Waals surface area (Å²) < 4.78 is 0. The van der Waals surface area contributed by atoms with Crippen LogP contribution in [0.2, 0.25) is 0 Å². The standard InChI is InChI=1S/C17H29NO2/c1-16(2)8-5-13(6-9-16)10-18-11-14-4-3-7-17(14,12-18)15(19)20/h13-14H,3-12H2,1-2H3,(H,19,20)/t14-,17+/m0/s1. The fraction of sp³-hybridized carbons (Fsp3) is 0.941. The first-order valence-corrected chi connectivity index (χ1v) is 8.37. The second kappa shape index (κ2) is 5.01. The first-order chi connectivity index (χ1) is 9.41. The van der Waals surface area contributed by atoms with Crippen LogP contribution in [0, 0.1) is 22.7 Å². The summed E-state index contributed by atoms with van der Waals surface area (Å²) >= 11 is 0. The van der Waals surface area contributed by atoms with Gasteiger partial charge in [0, 0.05) is 19.6 Å². The number of carboxylic acids is 1. The van der Waals surface area contributed by atoms with Crippen molar-refractivity contribution in [3.63, 3.8) is 0 Å². The molecular weight excluding hydrogens is 250 g/mol. The zero-order valence-corrected chi connectivity index (χ0v) is 13.0. The first-order valence-electron chi connectivity index (χ1n) is 8.37. The maximum atomic E-state index is 11.7. The van der Waals surface area contributed by atoms with E-state index in [1.54, 1.807) is 0 Å². The molecule has 0 amide bonds. The van der Waals surface area contributed by atoms with Gasteiger partial charge in [0.1, 0.15) is 0 Å². The van der Waals surface area contributed by atoms with E-state index in [9.17, 15) is 9.90 Å². The number of nitrogens with zero attached hydrogens (tertiary/aromatic N) is 1. The van der Waals surface area contributed by atoms with Gasteiger partial charge in [-0.2, -0.15) is 0 Å². The van der Waals surface area contributed by atoms with Crippen LogP contribution in [0.4, 0.5) is 0 Å². The molecule has 1 aliphatic heterocycles. The lowest BCUT2D eigenvalue weighted by Gasteiger charge is -2.36. The molecule has 2 aliphatic carbocycles. The highest BCUT2D eigenvalue weighted by Crippen LogP contribution is 2.49. The van der Waals surface area contributed by atoms with Gasteiger partial charge in [-0.15, -0.1) is 0 Å². The van der Waals surface area contributed by atoms with Crippen LogP contribution in [-0.2, 0) is 4.79 Å². The van der Waals surface area contributed by atoms with Crippen molar-refractivity contribution in [1.29, 1.82) is 0 Å². The Morgan fingerprint density at radius 2 is 1.90 bits per heavy atom. The van der Waals surface area contributed by atoms with Crippen LogP contribution in [0.5, 0.6) is 0 Å². The van der Waals surface area contributed by atoms with Gasteiger partial charge in [0.2, 0.25) is 0 Å². The van der Waals surface area contributed by atoms with E-state index in [1.807, 2.05) is 0 Å². The van der Waals surface area contributed by atoms with Crippen LogP contribution in [-0.4, -0.2) is 35.6 Å². The Balaban J connectivity index is 1.57. The molecule has 1 saturated heterocycles. The van der Waals surface area contributed by atoms with Gasteiger partial charge < -0.3 is 10.0 Å². The lowest BCUT2D eigenvalue weighted by molar-refractivity contribution is -0.149. The molecule has 0 aromatic carbocycles. The van der Waals surface area contributed by atoms with E-state index in [0.717, 1.165) is 44.8 Å². The number of hydrogen-bond acceptors (Lipinski definition) is 2. The van der Waals surface area contributed by atoms with Gasteiger partial charge in [-0.05, 0) is 55.8 Å². The Hall–Kier alpha value is -0.570. The summed E-state index contributed by atoms with van der Waals surface area (Å²) in [6.45, 7) is 7.74. The molecule has 3 rings (SSSR count). The van der Waals surface area contributed by atoms with Gasteiger partial charge in [0.15, 0.2) is 0 Å². The van der Waals surface area contributed by atoms with Crippen molar-refractivity contribution < 1.29 is 9.90 Å². The number of rotatable bonds is 3. The minimum absolute atomic E-state index is 0.395. The molecule has 1 N–H and O–H groups in total. The van der Waals surface area contributed by atoms with E-state index in [1.165, 1.54) is 25.7 Å². The van der Waals surface area contributed by atoms with Crippen LogP contribution in [0.15, 0.2) is 0 Å². The average Bonchev–Trinajstić information content (AvgIpc) is 2.89. The minimum Gasteiger partial charge on any atom is -0.481 e. The van der Waals surface area contributed by atoms with Crippen molar-refractivity contribution in [3.8, 4) is 0 Å². The Morgan fingerprint density at radius 3 is 2.50 bits per heavy atom. The maximum Gasteiger partial charge on any atom is 0.311 e. The van der Waals surface area contributed by atoms with Crippen molar-refractivity contribution in [2.45, 2.75) is 58.8 Å². The van der Waals surface area contributed by atoms with Crippen LogP contribution in [0.25, 0.3) is 0 Å². The van der Waals surface area contributed by atoms with E-state index in [4.69, 9.17) is 0 Å². The second-order valence-corrected chi connectivity index (χ2v) is 8.35. The van der Waals surface area contributed by atoms with Crippen molar-refractivity contribution in [1.82, 2.24) is 4.90 Å². The molecule has 3 nitrogen and oxygen atoms in total. The zero-order chi connectivity index (χ0) is 14.4. The molecule has 0 radical (unpaired) electrons. The Kier molecular flexibility index (Phi) is 3.60. The maximum absolute atomic E-state index is 11.7. The highest BCUT2D eigenvalue weighted by Gasteiger charge is 2.54. The number of carboxylic acid groups (broad SMARTS) is 1. The zero-order valence-electron chi connectivity index (χ0n) is 13.0. The van der Waals surface area contributed by atoms with E-state index in [2.05, 4.69) is 18.7 Å². The van der Waals surface area contributed by atoms with E-state index in [-0.39, 0.29) is 0 Å². The summed E-state index contributed by atoms with van der Waals surface area (Å²) in [7, 11) is 0. The molecule has 2 atom stereocenters. The molecule has 3 fully saturated rings. The average molecular weight is 279 g/mol. The molecule has 0 aromatic rings. The van der Waals surface area contributed by atoms with Crippen LogP contribution >= 0.6 is 0 Å². The molecular formula is C17H29NO2.